The molecule has 0 saturated carbocycles. The zero-order valence-corrected chi connectivity index (χ0v) is 9.11. The summed E-state index contributed by atoms with van der Waals surface area (Å²) in [7, 11) is 1.87. The molecule has 0 aliphatic carbocycles. The van der Waals surface area contributed by atoms with Crippen molar-refractivity contribution in [3.05, 3.63) is 41.1 Å². The predicted molar refractivity (Wildman–Crippen MR) is 57.6 cm³/mol. The Morgan fingerprint density at radius 3 is 2.87 bits per heavy atom. The maximum atomic E-state index is 5.95. The van der Waals surface area contributed by atoms with E-state index >= 15 is 0 Å². The number of nitrogens with two attached hydrogens (primary N) is 1. The first-order chi connectivity index (χ1) is 7.15. The molecule has 0 radical (unpaired) electrons. The minimum absolute atomic E-state index is 0.201. The standard InChI is InChI=1S/C10H12ClN3O/c1-14-5-4-7(13-14)6-8(12)9-2-3-10(11)15-9/h2-5,8H,6,12H2,1H3. The highest BCUT2D eigenvalue weighted by molar-refractivity contribution is 6.28. The molecule has 0 bridgehead atoms. The molecule has 1 atom stereocenters. The highest BCUT2D eigenvalue weighted by Crippen LogP contribution is 2.20. The van der Waals surface area contributed by atoms with Crippen LogP contribution >= 0.6 is 11.6 Å². The Balaban J connectivity index is 2.06. The van der Waals surface area contributed by atoms with Gasteiger partial charge in [0.2, 0.25) is 0 Å². The first-order valence-electron chi connectivity index (χ1n) is 4.64. The molecule has 4 nitrogen and oxygen atoms in total. The fourth-order valence-corrected chi connectivity index (χ4v) is 1.58. The van der Waals surface area contributed by atoms with Crippen LogP contribution in [-0.2, 0) is 13.5 Å². The van der Waals surface area contributed by atoms with E-state index in [1.807, 2.05) is 19.3 Å². The SMILES string of the molecule is Cn1ccc(CC(N)c2ccc(Cl)o2)n1. The fraction of sp³-hybridized carbons (Fsp3) is 0.300. The lowest BCUT2D eigenvalue weighted by molar-refractivity contribution is 0.463. The van der Waals surface area contributed by atoms with Crippen molar-refractivity contribution in [1.82, 2.24) is 9.78 Å². The second kappa shape index (κ2) is 4.08. The molecule has 0 aliphatic heterocycles. The summed E-state index contributed by atoms with van der Waals surface area (Å²) in [6.45, 7) is 0. The number of furan rings is 1. The molecule has 80 valence electrons. The second-order valence-electron chi connectivity index (χ2n) is 3.43. The summed E-state index contributed by atoms with van der Waals surface area (Å²) in [5.74, 6) is 0.686. The highest BCUT2D eigenvalue weighted by Gasteiger charge is 2.12. The van der Waals surface area contributed by atoms with Crippen molar-refractivity contribution in [1.29, 1.82) is 0 Å². The molecule has 5 heteroatoms. The number of rotatable bonds is 3. The van der Waals surface area contributed by atoms with Crippen LogP contribution in [0.2, 0.25) is 5.22 Å². The van der Waals surface area contributed by atoms with Gasteiger partial charge in [-0.2, -0.15) is 5.10 Å². The molecule has 2 heterocycles. The van der Waals surface area contributed by atoms with Gasteiger partial charge in [0.15, 0.2) is 5.22 Å². The van der Waals surface area contributed by atoms with Gasteiger partial charge in [0.1, 0.15) is 5.76 Å². The van der Waals surface area contributed by atoms with E-state index in [1.165, 1.54) is 0 Å². The van der Waals surface area contributed by atoms with Crippen molar-refractivity contribution >= 4 is 11.6 Å². The largest absolute Gasteiger partial charge is 0.448 e. The molecular weight excluding hydrogens is 214 g/mol. The number of nitrogens with zero attached hydrogens (tertiary/aromatic N) is 2. The predicted octanol–water partition coefficient (Wildman–Crippen LogP) is 1.91. The van der Waals surface area contributed by atoms with Gasteiger partial charge in [0.25, 0.3) is 0 Å². The van der Waals surface area contributed by atoms with E-state index in [9.17, 15) is 0 Å². The average Bonchev–Trinajstić information content (AvgIpc) is 2.75. The zero-order chi connectivity index (χ0) is 10.8. The Hall–Kier alpha value is -1.26. The molecule has 2 rings (SSSR count). The second-order valence-corrected chi connectivity index (χ2v) is 3.81. The maximum Gasteiger partial charge on any atom is 0.193 e. The molecular formula is C10H12ClN3O. The number of aromatic nitrogens is 2. The van der Waals surface area contributed by atoms with Gasteiger partial charge < -0.3 is 10.2 Å². The summed E-state index contributed by atoms with van der Waals surface area (Å²) < 4.78 is 6.98. The van der Waals surface area contributed by atoms with Gasteiger partial charge >= 0.3 is 0 Å². The minimum atomic E-state index is -0.201. The molecule has 15 heavy (non-hydrogen) atoms. The lowest BCUT2D eigenvalue weighted by Crippen LogP contribution is -2.12. The Kier molecular flexibility index (Phi) is 2.79. The van der Waals surface area contributed by atoms with Crippen molar-refractivity contribution in [3.8, 4) is 0 Å². The normalized spacial score (nSPS) is 13.0. The van der Waals surface area contributed by atoms with Crippen molar-refractivity contribution in [2.45, 2.75) is 12.5 Å². The van der Waals surface area contributed by atoms with E-state index in [2.05, 4.69) is 5.10 Å². The van der Waals surface area contributed by atoms with Crippen LogP contribution in [0.1, 0.15) is 17.5 Å². The minimum Gasteiger partial charge on any atom is -0.448 e. The van der Waals surface area contributed by atoms with Gasteiger partial charge in [0, 0.05) is 19.7 Å². The van der Waals surface area contributed by atoms with Crippen LogP contribution in [-0.4, -0.2) is 9.78 Å². The first kappa shape index (κ1) is 10.3. The van der Waals surface area contributed by atoms with Crippen molar-refractivity contribution in [2.24, 2.45) is 12.8 Å². The number of hydrogen-bond donors (Lipinski definition) is 1. The lowest BCUT2D eigenvalue weighted by Gasteiger charge is -2.05. The van der Waals surface area contributed by atoms with E-state index in [0.29, 0.717) is 17.4 Å². The lowest BCUT2D eigenvalue weighted by atomic mass is 10.1. The van der Waals surface area contributed by atoms with E-state index in [0.717, 1.165) is 5.69 Å². The summed E-state index contributed by atoms with van der Waals surface area (Å²) >= 11 is 5.67. The monoisotopic (exact) mass is 225 g/mol. The summed E-state index contributed by atoms with van der Waals surface area (Å²) in [5, 5.41) is 4.61. The smallest absolute Gasteiger partial charge is 0.193 e. The van der Waals surface area contributed by atoms with Crippen LogP contribution < -0.4 is 5.73 Å². The van der Waals surface area contributed by atoms with Gasteiger partial charge in [-0.1, -0.05) is 0 Å². The van der Waals surface area contributed by atoms with Gasteiger partial charge in [0.05, 0.1) is 11.7 Å². The van der Waals surface area contributed by atoms with E-state index in [1.54, 1.807) is 16.8 Å². The fourth-order valence-electron chi connectivity index (χ4n) is 1.43. The maximum absolute atomic E-state index is 5.95. The molecule has 0 spiro atoms. The van der Waals surface area contributed by atoms with E-state index < -0.39 is 0 Å². The quantitative estimate of drug-likeness (QED) is 0.868. The summed E-state index contributed by atoms with van der Waals surface area (Å²) in [6.07, 6.45) is 2.53. The Morgan fingerprint density at radius 1 is 1.53 bits per heavy atom. The van der Waals surface area contributed by atoms with Gasteiger partial charge in [-0.3, -0.25) is 4.68 Å². The molecule has 0 fully saturated rings. The summed E-state index contributed by atoms with van der Waals surface area (Å²) in [5.41, 5.74) is 6.89. The van der Waals surface area contributed by atoms with E-state index in [4.69, 9.17) is 21.8 Å². The molecule has 2 aromatic heterocycles. The van der Waals surface area contributed by atoms with Crippen LogP contribution in [0.5, 0.6) is 0 Å². The molecule has 0 saturated heterocycles. The van der Waals surface area contributed by atoms with Gasteiger partial charge in [-0.25, -0.2) is 0 Å². The number of aryl methyl sites for hydroxylation is 1. The van der Waals surface area contributed by atoms with Gasteiger partial charge in [-0.15, -0.1) is 0 Å². The van der Waals surface area contributed by atoms with Gasteiger partial charge in [-0.05, 0) is 29.8 Å². The number of hydrogen-bond acceptors (Lipinski definition) is 3. The molecule has 1 unspecified atom stereocenters. The van der Waals surface area contributed by atoms with Crippen molar-refractivity contribution < 1.29 is 4.42 Å². The van der Waals surface area contributed by atoms with Crippen LogP contribution in [0.4, 0.5) is 0 Å². The summed E-state index contributed by atoms with van der Waals surface area (Å²) in [6, 6.07) is 5.21. The van der Waals surface area contributed by atoms with Crippen molar-refractivity contribution in [2.75, 3.05) is 0 Å². The number of halogens is 1. The molecule has 0 amide bonds. The van der Waals surface area contributed by atoms with E-state index in [-0.39, 0.29) is 6.04 Å². The van der Waals surface area contributed by atoms with Crippen LogP contribution in [0, 0.1) is 0 Å². The average molecular weight is 226 g/mol. The Morgan fingerprint density at radius 2 is 2.33 bits per heavy atom. The third-order valence-electron chi connectivity index (χ3n) is 2.16. The van der Waals surface area contributed by atoms with Crippen LogP contribution in [0.25, 0.3) is 0 Å². The zero-order valence-electron chi connectivity index (χ0n) is 8.35. The first-order valence-corrected chi connectivity index (χ1v) is 5.02. The molecule has 2 aromatic rings. The third kappa shape index (κ3) is 2.40. The van der Waals surface area contributed by atoms with Crippen LogP contribution in [0.15, 0.2) is 28.8 Å². The topological polar surface area (TPSA) is 57.0 Å². The van der Waals surface area contributed by atoms with Crippen molar-refractivity contribution in [3.63, 3.8) is 0 Å². The Labute approximate surface area is 92.6 Å². The molecule has 2 N–H and O–H groups in total. The summed E-state index contributed by atoms with van der Waals surface area (Å²) in [4.78, 5) is 0. The Bertz CT molecular complexity index is 449. The molecule has 0 aliphatic rings. The van der Waals surface area contributed by atoms with Crippen LogP contribution in [0.3, 0.4) is 0 Å². The third-order valence-corrected chi connectivity index (χ3v) is 2.36. The molecule has 0 aromatic carbocycles. The highest BCUT2D eigenvalue weighted by atomic mass is 35.5.